The minimum absolute atomic E-state index is 0.606. The molecule has 2 nitrogen and oxygen atoms in total. The van der Waals surface area contributed by atoms with Crippen LogP contribution >= 0.6 is 0 Å². The molecule has 39 heavy (non-hydrogen) atoms. The van der Waals surface area contributed by atoms with E-state index in [1.54, 1.807) is 0 Å². The van der Waals surface area contributed by atoms with Crippen molar-refractivity contribution in [3.8, 4) is 39.3 Å². The van der Waals surface area contributed by atoms with Crippen molar-refractivity contribution in [3.63, 3.8) is 0 Å². The van der Waals surface area contributed by atoms with Gasteiger partial charge in [-0.25, -0.2) is 4.98 Å². The highest BCUT2D eigenvalue weighted by Gasteiger charge is 2.29. The summed E-state index contributed by atoms with van der Waals surface area (Å²) in [5, 5.41) is 0. The Morgan fingerprint density at radius 1 is 0.513 bits per heavy atom. The topological polar surface area (TPSA) is 17.8 Å². The monoisotopic (exact) mass is 508 g/mol. The number of benzene rings is 4. The second-order valence-electron chi connectivity index (χ2n) is 11.4. The highest BCUT2D eigenvalue weighted by atomic mass is 15.1. The van der Waals surface area contributed by atoms with Gasteiger partial charge in [0.05, 0.1) is 5.69 Å². The fourth-order valence-corrected chi connectivity index (χ4v) is 7.02. The van der Waals surface area contributed by atoms with E-state index in [1.807, 2.05) is 6.20 Å². The van der Waals surface area contributed by atoms with E-state index in [0.717, 1.165) is 5.82 Å². The van der Waals surface area contributed by atoms with Crippen molar-refractivity contribution in [3.05, 3.63) is 121 Å². The van der Waals surface area contributed by atoms with Gasteiger partial charge in [-0.05, 0) is 89.1 Å². The summed E-state index contributed by atoms with van der Waals surface area (Å²) in [4.78, 5) is 4.98. The average molecular weight is 509 g/mol. The van der Waals surface area contributed by atoms with E-state index in [9.17, 15) is 0 Å². The van der Waals surface area contributed by atoms with Gasteiger partial charge in [0, 0.05) is 18.0 Å². The molecule has 0 aliphatic heterocycles. The molecule has 2 aliphatic carbocycles. The molecule has 2 fully saturated rings. The Bertz CT molecular complexity index is 1510. The van der Waals surface area contributed by atoms with Crippen LogP contribution in [0.4, 0.5) is 0 Å². The molecule has 0 spiro atoms. The molecule has 0 unspecified atom stereocenters. The fourth-order valence-electron chi connectivity index (χ4n) is 7.02. The summed E-state index contributed by atoms with van der Waals surface area (Å²) in [7, 11) is 0. The largest absolute Gasteiger partial charge is 0.299 e. The van der Waals surface area contributed by atoms with E-state index in [0.29, 0.717) is 11.8 Å². The van der Waals surface area contributed by atoms with Crippen LogP contribution in [0.5, 0.6) is 0 Å². The van der Waals surface area contributed by atoms with Gasteiger partial charge in [0.1, 0.15) is 5.82 Å². The van der Waals surface area contributed by atoms with Gasteiger partial charge >= 0.3 is 0 Å². The fraction of sp³-hybridized carbons (Fsp3) is 0.270. The van der Waals surface area contributed by atoms with Crippen LogP contribution in [0.15, 0.2) is 109 Å². The summed E-state index contributed by atoms with van der Waals surface area (Å²) in [5.74, 6) is 2.25. The lowest BCUT2D eigenvalue weighted by Gasteiger charge is -2.26. The third kappa shape index (κ3) is 4.74. The van der Waals surface area contributed by atoms with Gasteiger partial charge in [-0.3, -0.25) is 4.57 Å². The van der Waals surface area contributed by atoms with Crippen LogP contribution in [-0.4, -0.2) is 9.55 Å². The Hall–Kier alpha value is -3.91. The Balaban J connectivity index is 1.43. The average Bonchev–Trinajstić information content (AvgIpc) is 3.81. The second kappa shape index (κ2) is 10.7. The molecule has 1 aromatic heterocycles. The Labute approximate surface area is 232 Å². The van der Waals surface area contributed by atoms with E-state index in [2.05, 4.69) is 108 Å². The molecule has 0 N–H and O–H groups in total. The molecular weight excluding hydrogens is 472 g/mol. The van der Waals surface area contributed by atoms with Gasteiger partial charge in [0.2, 0.25) is 0 Å². The van der Waals surface area contributed by atoms with Gasteiger partial charge < -0.3 is 0 Å². The van der Waals surface area contributed by atoms with Crippen LogP contribution in [-0.2, 0) is 0 Å². The van der Waals surface area contributed by atoms with Gasteiger partial charge in [-0.2, -0.15) is 0 Å². The van der Waals surface area contributed by atoms with Crippen LogP contribution < -0.4 is 0 Å². The van der Waals surface area contributed by atoms with Crippen LogP contribution in [0.3, 0.4) is 0 Å². The lowest BCUT2D eigenvalue weighted by atomic mass is 9.84. The summed E-state index contributed by atoms with van der Waals surface area (Å²) in [6.45, 7) is 0. The number of rotatable bonds is 6. The smallest absolute Gasteiger partial charge is 0.144 e. The van der Waals surface area contributed by atoms with Crippen molar-refractivity contribution in [2.75, 3.05) is 0 Å². The Morgan fingerprint density at radius 2 is 1.03 bits per heavy atom. The maximum atomic E-state index is 4.98. The van der Waals surface area contributed by atoms with E-state index in [-0.39, 0.29) is 0 Å². The van der Waals surface area contributed by atoms with Crippen LogP contribution in [0.2, 0.25) is 0 Å². The summed E-state index contributed by atoms with van der Waals surface area (Å²) in [6.07, 6.45) is 14.6. The van der Waals surface area contributed by atoms with E-state index in [4.69, 9.17) is 4.98 Å². The Morgan fingerprint density at radius 3 is 1.62 bits per heavy atom. The number of hydrogen-bond acceptors (Lipinski definition) is 1. The molecule has 4 aromatic carbocycles. The number of hydrogen-bond donors (Lipinski definition) is 0. The molecule has 7 rings (SSSR count). The van der Waals surface area contributed by atoms with E-state index in [1.165, 1.54) is 96.0 Å². The molecule has 5 aromatic rings. The second-order valence-corrected chi connectivity index (χ2v) is 11.4. The minimum atomic E-state index is 0.606. The highest BCUT2D eigenvalue weighted by Crippen LogP contribution is 2.46. The van der Waals surface area contributed by atoms with E-state index >= 15 is 0 Å². The maximum absolute atomic E-state index is 4.98. The molecule has 0 atom stereocenters. The first-order chi connectivity index (χ1) is 19.3. The first-order valence-electron chi connectivity index (χ1n) is 14.8. The predicted octanol–water partition coefficient (Wildman–Crippen LogP) is 10.2. The lowest BCUT2D eigenvalue weighted by molar-refractivity contribution is 0.689. The van der Waals surface area contributed by atoms with Crippen LogP contribution in [0, 0.1) is 0 Å². The lowest BCUT2D eigenvalue weighted by Crippen LogP contribution is -2.10. The number of aromatic nitrogens is 2. The van der Waals surface area contributed by atoms with Crippen molar-refractivity contribution >= 4 is 0 Å². The van der Waals surface area contributed by atoms with E-state index < -0.39 is 0 Å². The molecule has 194 valence electrons. The van der Waals surface area contributed by atoms with Crippen LogP contribution in [0.1, 0.15) is 74.3 Å². The van der Waals surface area contributed by atoms with Gasteiger partial charge in [0.15, 0.2) is 0 Å². The number of nitrogens with zero attached hydrogens (tertiary/aromatic N) is 2. The molecule has 0 amide bonds. The van der Waals surface area contributed by atoms with Crippen LogP contribution in [0.25, 0.3) is 39.3 Å². The molecule has 0 radical (unpaired) electrons. The SMILES string of the molecule is c1ccc(-c2cccc(-c3nccn3-c3c(C4CCCC4)cc(-c4ccccc4)cc3C3CCCC3)c2)cc1. The zero-order chi connectivity index (χ0) is 26.0. The standard InChI is InChI=1S/C37H36N2/c1-3-12-27(13-4-1)31-20-11-21-32(24-31)37-38-22-23-39(37)36-34(29-16-7-8-17-29)25-33(28-14-5-2-6-15-28)26-35(36)30-18-9-10-19-30/h1-6,11-15,20-26,29-30H,7-10,16-19H2. The Kier molecular flexibility index (Phi) is 6.62. The molecule has 1 heterocycles. The maximum Gasteiger partial charge on any atom is 0.144 e. The normalized spacial score (nSPS) is 16.2. The molecule has 0 saturated heterocycles. The van der Waals surface area contributed by atoms with Crippen molar-refractivity contribution in [1.29, 1.82) is 0 Å². The number of imidazole rings is 1. The first-order valence-corrected chi connectivity index (χ1v) is 14.8. The third-order valence-corrected chi connectivity index (χ3v) is 8.98. The summed E-state index contributed by atoms with van der Waals surface area (Å²) < 4.78 is 2.43. The highest BCUT2D eigenvalue weighted by molar-refractivity contribution is 5.74. The molecule has 0 bridgehead atoms. The predicted molar refractivity (Wildman–Crippen MR) is 162 cm³/mol. The molecule has 2 heteroatoms. The molecule has 2 aliphatic rings. The summed E-state index contributed by atoms with van der Waals surface area (Å²) >= 11 is 0. The first kappa shape index (κ1) is 24.2. The molecular formula is C37H36N2. The quantitative estimate of drug-likeness (QED) is 0.223. The van der Waals surface area contributed by atoms with Crippen molar-refractivity contribution in [2.45, 2.75) is 63.2 Å². The zero-order valence-corrected chi connectivity index (χ0v) is 22.6. The van der Waals surface area contributed by atoms with Gasteiger partial charge in [0.25, 0.3) is 0 Å². The zero-order valence-electron chi connectivity index (χ0n) is 22.6. The van der Waals surface area contributed by atoms with Crippen molar-refractivity contribution < 1.29 is 0 Å². The summed E-state index contributed by atoms with van der Waals surface area (Å²) in [6, 6.07) is 35.6. The molecule has 2 saturated carbocycles. The minimum Gasteiger partial charge on any atom is -0.299 e. The van der Waals surface area contributed by atoms with Gasteiger partial charge in [-0.15, -0.1) is 0 Å². The van der Waals surface area contributed by atoms with Crippen molar-refractivity contribution in [1.82, 2.24) is 9.55 Å². The summed E-state index contributed by atoms with van der Waals surface area (Å²) in [5.41, 5.74) is 10.8. The third-order valence-electron chi connectivity index (χ3n) is 8.98. The van der Waals surface area contributed by atoms with Gasteiger partial charge in [-0.1, -0.05) is 105 Å². The van der Waals surface area contributed by atoms with Crippen molar-refractivity contribution in [2.24, 2.45) is 0 Å².